The van der Waals surface area contributed by atoms with Crippen molar-refractivity contribution in [2.45, 2.75) is 46.2 Å². The number of nitrogens with one attached hydrogen (secondary N) is 2. The van der Waals surface area contributed by atoms with E-state index < -0.39 is 5.97 Å². The van der Waals surface area contributed by atoms with E-state index in [4.69, 9.17) is 9.52 Å². The van der Waals surface area contributed by atoms with Crippen LogP contribution in [0.25, 0.3) is 0 Å². The quantitative estimate of drug-likeness (QED) is 0.631. The van der Waals surface area contributed by atoms with E-state index >= 15 is 0 Å². The molecule has 112 valence electrons. The first-order chi connectivity index (χ1) is 9.43. The molecule has 1 rings (SSSR count). The molecule has 1 aromatic heterocycles. The average Bonchev–Trinajstić information content (AvgIpc) is 2.76. The molecule has 0 aliphatic rings. The first kappa shape index (κ1) is 16.2. The largest absolute Gasteiger partial charge is 0.475 e. The van der Waals surface area contributed by atoms with Crippen molar-refractivity contribution >= 4 is 11.9 Å². The van der Waals surface area contributed by atoms with E-state index in [2.05, 4.69) is 10.6 Å². The molecule has 1 heterocycles. The molecule has 1 atom stereocenters. The molecule has 1 amide bonds. The van der Waals surface area contributed by atoms with Crippen molar-refractivity contribution in [3.63, 3.8) is 0 Å². The highest BCUT2D eigenvalue weighted by Gasteiger charge is 2.14. The van der Waals surface area contributed by atoms with Crippen molar-refractivity contribution < 1.29 is 19.1 Å². The van der Waals surface area contributed by atoms with E-state index in [1.54, 1.807) is 13.0 Å². The molecule has 0 saturated carbocycles. The number of hydrogen-bond acceptors (Lipinski definition) is 4. The number of carbonyl (C=O) groups is 2. The Bertz CT molecular complexity index is 468. The van der Waals surface area contributed by atoms with Crippen LogP contribution >= 0.6 is 0 Å². The smallest absolute Gasteiger partial charge is 0.372 e. The minimum absolute atomic E-state index is 0.00806. The van der Waals surface area contributed by atoms with E-state index in [9.17, 15) is 9.59 Å². The average molecular weight is 282 g/mol. The summed E-state index contributed by atoms with van der Waals surface area (Å²) in [6.45, 7) is 6.60. The van der Waals surface area contributed by atoms with Crippen molar-refractivity contribution in [1.29, 1.82) is 0 Å². The molecule has 0 fully saturated rings. The van der Waals surface area contributed by atoms with E-state index in [1.807, 2.05) is 13.8 Å². The molecule has 1 unspecified atom stereocenters. The predicted octanol–water partition coefficient (Wildman–Crippen LogP) is 1.68. The standard InChI is InChI=1S/C14H22N2O4/c1-4-10(3)16-12(17)5-6-15-8-11-7-9(2)13(20-11)14(18)19/h7,10,15H,4-6,8H2,1-3H3,(H,16,17)(H,18,19). The van der Waals surface area contributed by atoms with Crippen LogP contribution in [0.15, 0.2) is 10.5 Å². The lowest BCUT2D eigenvalue weighted by molar-refractivity contribution is -0.121. The molecule has 0 bridgehead atoms. The van der Waals surface area contributed by atoms with Crippen molar-refractivity contribution in [3.05, 3.63) is 23.2 Å². The molecular weight excluding hydrogens is 260 g/mol. The fourth-order valence-corrected chi connectivity index (χ4v) is 1.71. The number of aromatic carboxylic acids is 1. The van der Waals surface area contributed by atoms with Crippen molar-refractivity contribution in [3.8, 4) is 0 Å². The maximum atomic E-state index is 11.5. The highest BCUT2D eigenvalue weighted by atomic mass is 16.4. The van der Waals surface area contributed by atoms with Crippen LogP contribution in [0.1, 0.15) is 48.6 Å². The van der Waals surface area contributed by atoms with Gasteiger partial charge >= 0.3 is 5.97 Å². The summed E-state index contributed by atoms with van der Waals surface area (Å²) in [5.74, 6) is -0.533. The maximum Gasteiger partial charge on any atom is 0.372 e. The third kappa shape index (κ3) is 5.05. The maximum absolute atomic E-state index is 11.5. The normalized spacial score (nSPS) is 12.2. The molecule has 3 N–H and O–H groups in total. The number of rotatable bonds is 8. The second kappa shape index (κ2) is 7.69. The fraction of sp³-hybridized carbons (Fsp3) is 0.571. The molecule has 6 nitrogen and oxygen atoms in total. The van der Waals surface area contributed by atoms with Gasteiger partial charge in [-0.1, -0.05) is 6.92 Å². The van der Waals surface area contributed by atoms with Gasteiger partial charge in [-0.05, 0) is 26.3 Å². The topological polar surface area (TPSA) is 91.6 Å². The van der Waals surface area contributed by atoms with Crippen molar-refractivity contribution in [1.82, 2.24) is 10.6 Å². The van der Waals surface area contributed by atoms with E-state index in [0.29, 0.717) is 30.8 Å². The van der Waals surface area contributed by atoms with Gasteiger partial charge in [0.05, 0.1) is 6.54 Å². The summed E-state index contributed by atoms with van der Waals surface area (Å²) in [6, 6.07) is 1.88. The second-order valence-electron chi connectivity index (χ2n) is 4.83. The summed E-state index contributed by atoms with van der Waals surface area (Å²) >= 11 is 0. The lowest BCUT2D eigenvalue weighted by atomic mass is 10.2. The summed E-state index contributed by atoms with van der Waals surface area (Å²) in [5, 5.41) is 14.8. The van der Waals surface area contributed by atoms with Gasteiger partial charge in [0.2, 0.25) is 11.7 Å². The Morgan fingerprint density at radius 2 is 2.15 bits per heavy atom. The van der Waals surface area contributed by atoms with E-state index in [0.717, 1.165) is 6.42 Å². The third-order valence-electron chi connectivity index (χ3n) is 3.01. The minimum atomic E-state index is -1.07. The van der Waals surface area contributed by atoms with Crippen LogP contribution < -0.4 is 10.6 Å². The zero-order chi connectivity index (χ0) is 15.1. The van der Waals surface area contributed by atoms with E-state index in [1.165, 1.54) is 0 Å². The van der Waals surface area contributed by atoms with Crippen molar-refractivity contribution in [2.75, 3.05) is 6.54 Å². The number of aryl methyl sites for hydroxylation is 1. The van der Waals surface area contributed by atoms with Crippen LogP contribution in [0.2, 0.25) is 0 Å². The highest BCUT2D eigenvalue weighted by molar-refractivity contribution is 5.86. The lowest BCUT2D eigenvalue weighted by Crippen LogP contribution is -2.33. The lowest BCUT2D eigenvalue weighted by Gasteiger charge is -2.11. The van der Waals surface area contributed by atoms with Crippen molar-refractivity contribution in [2.24, 2.45) is 0 Å². The fourth-order valence-electron chi connectivity index (χ4n) is 1.71. The van der Waals surface area contributed by atoms with Crippen LogP contribution in [0.5, 0.6) is 0 Å². The van der Waals surface area contributed by atoms with Gasteiger partial charge in [-0.2, -0.15) is 0 Å². The Labute approximate surface area is 118 Å². The molecular formula is C14H22N2O4. The predicted molar refractivity (Wildman–Crippen MR) is 74.6 cm³/mol. The zero-order valence-corrected chi connectivity index (χ0v) is 12.2. The number of carboxylic acid groups (broad SMARTS) is 1. The van der Waals surface area contributed by atoms with Crippen LogP contribution in [-0.4, -0.2) is 29.6 Å². The van der Waals surface area contributed by atoms with Gasteiger partial charge in [0.15, 0.2) is 0 Å². The van der Waals surface area contributed by atoms with Crippen LogP contribution in [0.3, 0.4) is 0 Å². The first-order valence-electron chi connectivity index (χ1n) is 6.76. The van der Waals surface area contributed by atoms with Gasteiger partial charge in [0.25, 0.3) is 0 Å². The molecule has 0 aliphatic carbocycles. The molecule has 0 spiro atoms. The van der Waals surface area contributed by atoms with Crippen LogP contribution in [-0.2, 0) is 11.3 Å². The Morgan fingerprint density at radius 1 is 1.45 bits per heavy atom. The van der Waals surface area contributed by atoms with Gasteiger partial charge in [-0.3, -0.25) is 4.79 Å². The van der Waals surface area contributed by atoms with Gasteiger partial charge in [-0.25, -0.2) is 4.79 Å². The Morgan fingerprint density at radius 3 is 2.70 bits per heavy atom. The number of hydrogen-bond donors (Lipinski definition) is 3. The molecule has 0 aromatic carbocycles. The summed E-state index contributed by atoms with van der Waals surface area (Å²) in [5.41, 5.74) is 0.601. The van der Waals surface area contributed by atoms with E-state index in [-0.39, 0.29) is 17.7 Å². The summed E-state index contributed by atoms with van der Waals surface area (Å²) in [4.78, 5) is 22.3. The monoisotopic (exact) mass is 282 g/mol. The minimum Gasteiger partial charge on any atom is -0.475 e. The zero-order valence-electron chi connectivity index (χ0n) is 12.2. The number of carbonyl (C=O) groups excluding carboxylic acids is 1. The number of furan rings is 1. The molecule has 6 heteroatoms. The molecule has 0 aliphatic heterocycles. The summed E-state index contributed by atoms with van der Waals surface area (Å²) in [6.07, 6.45) is 1.29. The van der Waals surface area contributed by atoms with Crippen LogP contribution in [0.4, 0.5) is 0 Å². The highest BCUT2D eigenvalue weighted by Crippen LogP contribution is 2.14. The Kier molecular flexibility index (Phi) is 6.24. The third-order valence-corrected chi connectivity index (χ3v) is 3.01. The molecule has 0 saturated heterocycles. The summed E-state index contributed by atoms with van der Waals surface area (Å²) in [7, 11) is 0. The number of amides is 1. The van der Waals surface area contributed by atoms with Crippen LogP contribution in [0, 0.1) is 6.92 Å². The molecule has 20 heavy (non-hydrogen) atoms. The van der Waals surface area contributed by atoms with Gasteiger partial charge in [0, 0.05) is 24.6 Å². The Balaban J connectivity index is 2.29. The second-order valence-corrected chi connectivity index (χ2v) is 4.83. The first-order valence-corrected chi connectivity index (χ1v) is 6.76. The molecule has 1 aromatic rings. The van der Waals surface area contributed by atoms with Gasteiger partial charge in [-0.15, -0.1) is 0 Å². The SMILES string of the molecule is CCC(C)NC(=O)CCNCc1cc(C)c(C(=O)O)o1. The van der Waals surface area contributed by atoms with Gasteiger partial charge < -0.3 is 20.2 Å². The summed E-state index contributed by atoms with van der Waals surface area (Å²) < 4.78 is 5.20. The number of carboxylic acids is 1. The van der Waals surface area contributed by atoms with Gasteiger partial charge in [0.1, 0.15) is 5.76 Å². The molecule has 0 radical (unpaired) electrons. The Hall–Kier alpha value is -1.82.